The van der Waals surface area contributed by atoms with E-state index < -0.39 is 0 Å². The van der Waals surface area contributed by atoms with Gasteiger partial charge in [0, 0.05) is 18.8 Å². The van der Waals surface area contributed by atoms with E-state index in [0.29, 0.717) is 23.7 Å². The molecular weight excluding hydrogens is 238 g/mol. The lowest BCUT2D eigenvalue weighted by atomic mass is 10.3. The molecule has 0 atom stereocenters. The molecule has 2 heterocycles. The van der Waals surface area contributed by atoms with Crippen molar-refractivity contribution in [2.24, 2.45) is 5.73 Å². The van der Waals surface area contributed by atoms with E-state index in [4.69, 9.17) is 5.73 Å². The Balaban J connectivity index is 2.03. The summed E-state index contributed by atoms with van der Waals surface area (Å²) in [6.07, 6.45) is 3.78. The van der Waals surface area contributed by atoms with Crippen molar-refractivity contribution in [1.82, 2.24) is 15.2 Å². The van der Waals surface area contributed by atoms with Gasteiger partial charge in [-0.05, 0) is 18.7 Å². The highest BCUT2D eigenvalue weighted by Gasteiger charge is 2.09. The molecule has 0 bridgehead atoms. The molecular formula is C10H11N5OS. The van der Waals surface area contributed by atoms with E-state index in [2.05, 4.69) is 20.5 Å². The number of aromatic nitrogens is 3. The third-order valence-corrected chi connectivity index (χ3v) is 2.87. The van der Waals surface area contributed by atoms with Gasteiger partial charge in [-0.2, -0.15) is 0 Å². The number of nitrogens with one attached hydrogen (secondary N) is 1. The number of hydrogen-bond donors (Lipinski definition) is 2. The van der Waals surface area contributed by atoms with Gasteiger partial charge in [-0.1, -0.05) is 11.3 Å². The van der Waals surface area contributed by atoms with Crippen molar-refractivity contribution in [1.29, 1.82) is 0 Å². The van der Waals surface area contributed by atoms with Gasteiger partial charge in [0.05, 0.1) is 5.56 Å². The number of nitrogens with zero attached hydrogens (tertiary/aromatic N) is 3. The molecule has 6 nitrogen and oxygen atoms in total. The molecule has 0 aliphatic rings. The van der Waals surface area contributed by atoms with Crippen LogP contribution in [-0.4, -0.2) is 27.6 Å². The second-order valence-corrected chi connectivity index (χ2v) is 4.30. The molecule has 0 unspecified atom stereocenters. The van der Waals surface area contributed by atoms with Gasteiger partial charge in [0.25, 0.3) is 5.91 Å². The summed E-state index contributed by atoms with van der Waals surface area (Å²) in [5, 5.41) is 11.7. The Bertz CT molecular complexity index is 498. The van der Waals surface area contributed by atoms with Crippen LogP contribution in [-0.2, 0) is 6.42 Å². The van der Waals surface area contributed by atoms with Crippen LogP contribution in [0.15, 0.2) is 24.5 Å². The highest BCUT2D eigenvalue weighted by molar-refractivity contribution is 7.15. The molecule has 0 saturated carbocycles. The largest absolute Gasteiger partial charge is 0.330 e. The molecule has 2 aromatic heterocycles. The lowest BCUT2D eigenvalue weighted by Gasteiger charge is -1.99. The van der Waals surface area contributed by atoms with Crippen LogP contribution in [0.25, 0.3) is 0 Å². The van der Waals surface area contributed by atoms with Crippen molar-refractivity contribution in [3.05, 3.63) is 35.1 Å². The van der Waals surface area contributed by atoms with E-state index in [1.807, 2.05) is 0 Å². The minimum atomic E-state index is -0.242. The fourth-order valence-corrected chi connectivity index (χ4v) is 1.95. The maximum atomic E-state index is 11.7. The van der Waals surface area contributed by atoms with Crippen molar-refractivity contribution in [3.63, 3.8) is 0 Å². The molecule has 1 amide bonds. The van der Waals surface area contributed by atoms with E-state index in [9.17, 15) is 4.79 Å². The second-order valence-electron chi connectivity index (χ2n) is 3.24. The average molecular weight is 249 g/mol. The molecule has 7 heteroatoms. The third kappa shape index (κ3) is 3.05. The van der Waals surface area contributed by atoms with Crippen LogP contribution in [0, 0.1) is 0 Å². The summed E-state index contributed by atoms with van der Waals surface area (Å²) in [4.78, 5) is 15.6. The Morgan fingerprint density at radius 2 is 2.35 bits per heavy atom. The minimum Gasteiger partial charge on any atom is -0.330 e. The minimum absolute atomic E-state index is 0.242. The smallest absolute Gasteiger partial charge is 0.259 e. The Labute approximate surface area is 102 Å². The van der Waals surface area contributed by atoms with Crippen LogP contribution in [0.2, 0.25) is 0 Å². The molecule has 0 aliphatic heterocycles. The predicted octanol–water partition coefficient (Wildman–Crippen LogP) is 0.687. The fourth-order valence-electron chi connectivity index (χ4n) is 1.19. The van der Waals surface area contributed by atoms with Crippen LogP contribution in [0.4, 0.5) is 5.13 Å². The highest BCUT2D eigenvalue weighted by Crippen LogP contribution is 2.16. The fraction of sp³-hybridized carbons (Fsp3) is 0.200. The predicted molar refractivity (Wildman–Crippen MR) is 64.9 cm³/mol. The number of carbonyl (C=O) groups is 1. The van der Waals surface area contributed by atoms with Gasteiger partial charge >= 0.3 is 0 Å². The number of carbonyl (C=O) groups excluding carboxylic acids is 1. The van der Waals surface area contributed by atoms with E-state index in [0.717, 1.165) is 5.01 Å². The molecule has 2 rings (SSSR count). The summed E-state index contributed by atoms with van der Waals surface area (Å²) in [6.45, 7) is 0.519. The van der Waals surface area contributed by atoms with Gasteiger partial charge in [0.15, 0.2) is 0 Å². The lowest BCUT2D eigenvalue weighted by Crippen LogP contribution is -2.11. The van der Waals surface area contributed by atoms with Gasteiger partial charge in [0.1, 0.15) is 5.01 Å². The van der Waals surface area contributed by atoms with Gasteiger partial charge in [-0.25, -0.2) is 0 Å². The molecule has 0 spiro atoms. The number of pyridine rings is 1. The Morgan fingerprint density at radius 3 is 3.06 bits per heavy atom. The van der Waals surface area contributed by atoms with Crippen LogP contribution in [0.5, 0.6) is 0 Å². The monoisotopic (exact) mass is 249 g/mol. The maximum Gasteiger partial charge on any atom is 0.259 e. The summed E-state index contributed by atoms with van der Waals surface area (Å²) in [5.41, 5.74) is 5.89. The van der Waals surface area contributed by atoms with Crippen molar-refractivity contribution >= 4 is 22.4 Å². The molecule has 3 N–H and O–H groups in total. The summed E-state index contributed by atoms with van der Waals surface area (Å²) < 4.78 is 0. The van der Waals surface area contributed by atoms with Crippen LogP contribution < -0.4 is 11.1 Å². The second kappa shape index (κ2) is 5.46. The van der Waals surface area contributed by atoms with Gasteiger partial charge < -0.3 is 5.73 Å². The van der Waals surface area contributed by atoms with Crippen molar-refractivity contribution in [2.75, 3.05) is 11.9 Å². The SMILES string of the molecule is NCCc1nnc(NC(=O)c2cccnc2)s1. The van der Waals surface area contributed by atoms with Crippen molar-refractivity contribution in [3.8, 4) is 0 Å². The van der Waals surface area contributed by atoms with Gasteiger partial charge in [-0.15, -0.1) is 10.2 Å². The van der Waals surface area contributed by atoms with Crippen LogP contribution in [0.1, 0.15) is 15.4 Å². The standard InChI is InChI=1S/C10H11N5OS/c11-4-3-8-14-15-10(17-8)13-9(16)7-2-1-5-12-6-7/h1-2,5-6H,3-4,11H2,(H,13,15,16). The van der Waals surface area contributed by atoms with Crippen molar-refractivity contribution in [2.45, 2.75) is 6.42 Å². The van der Waals surface area contributed by atoms with Crippen molar-refractivity contribution < 1.29 is 4.79 Å². The molecule has 0 saturated heterocycles. The van der Waals surface area contributed by atoms with E-state index >= 15 is 0 Å². The van der Waals surface area contributed by atoms with E-state index in [1.165, 1.54) is 17.5 Å². The molecule has 88 valence electrons. The number of nitrogens with two attached hydrogens (primary N) is 1. The quantitative estimate of drug-likeness (QED) is 0.831. The third-order valence-electron chi connectivity index (χ3n) is 1.97. The number of anilines is 1. The normalized spacial score (nSPS) is 10.2. The summed E-state index contributed by atoms with van der Waals surface area (Å²) in [5.74, 6) is -0.242. The zero-order valence-electron chi connectivity index (χ0n) is 8.96. The Kier molecular flexibility index (Phi) is 3.73. The molecule has 17 heavy (non-hydrogen) atoms. The zero-order valence-corrected chi connectivity index (χ0v) is 9.78. The first-order chi connectivity index (χ1) is 8.29. The van der Waals surface area contributed by atoms with E-state index in [-0.39, 0.29) is 5.91 Å². The summed E-state index contributed by atoms with van der Waals surface area (Å²) in [6, 6.07) is 3.39. The molecule has 0 radical (unpaired) electrons. The first kappa shape index (κ1) is 11.6. The Hall–Kier alpha value is -1.86. The average Bonchev–Trinajstić information content (AvgIpc) is 2.78. The summed E-state index contributed by atoms with van der Waals surface area (Å²) in [7, 11) is 0. The Morgan fingerprint density at radius 1 is 1.47 bits per heavy atom. The van der Waals surface area contributed by atoms with Crippen LogP contribution >= 0.6 is 11.3 Å². The van der Waals surface area contributed by atoms with Gasteiger partial charge in [-0.3, -0.25) is 15.1 Å². The number of rotatable bonds is 4. The molecule has 0 aromatic carbocycles. The maximum absolute atomic E-state index is 11.7. The zero-order chi connectivity index (χ0) is 12.1. The van der Waals surface area contributed by atoms with Crippen LogP contribution in [0.3, 0.4) is 0 Å². The first-order valence-electron chi connectivity index (χ1n) is 5.03. The summed E-state index contributed by atoms with van der Waals surface area (Å²) >= 11 is 1.33. The molecule has 2 aromatic rings. The molecule has 0 fully saturated rings. The number of hydrogen-bond acceptors (Lipinski definition) is 6. The van der Waals surface area contributed by atoms with E-state index in [1.54, 1.807) is 18.3 Å². The topological polar surface area (TPSA) is 93.8 Å². The highest BCUT2D eigenvalue weighted by atomic mass is 32.1. The van der Waals surface area contributed by atoms with Gasteiger partial charge in [0.2, 0.25) is 5.13 Å². The first-order valence-corrected chi connectivity index (χ1v) is 5.85. The molecule has 0 aliphatic carbocycles. The lowest BCUT2D eigenvalue weighted by molar-refractivity contribution is 0.102. The number of amides is 1.